The van der Waals surface area contributed by atoms with Gasteiger partial charge in [-0.1, -0.05) is 49.4 Å². The zero-order valence-corrected chi connectivity index (χ0v) is 15.1. The van der Waals surface area contributed by atoms with Crippen LogP contribution in [0.5, 0.6) is 0 Å². The Hall–Kier alpha value is -1.33. The first kappa shape index (κ1) is 16.5. The van der Waals surface area contributed by atoms with Gasteiger partial charge < -0.3 is 9.67 Å². The maximum absolute atomic E-state index is 10.5. The highest BCUT2D eigenvalue weighted by molar-refractivity contribution is 7.99. The molecule has 2 aromatic rings. The molecule has 0 unspecified atom stereocenters. The van der Waals surface area contributed by atoms with E-state index in [0.29, 0.717) is 17.7 Å². The molecule has 1 heterocycles. The minimum atomic E-state index is -0.479. The second kappa shape index (κ2) is 6.65. The Balaban J connectivity index is 1.73. The van der Waals surface area contributed by atoms with Crippen LogP contribution in [0.4, 0.5) is 0 Å². The lowest BCUT2D eigenvalue weighted by atomic mass is 10.0. The third kappa shape index (κ3) is 3.61. The summed E-state index contributed by atoms with van der Waals surface area (Å²) in [5, 5.41) is 20.2. The zero-order valence-electron chi connectivity index (χ0n) is 14.3. The molecule has 1 aromatic carbocycles. The summed E-state index contributed by atoms with van der Waals surface area (Å²) < 4.78 is 2.28. The standard InChI is InChI=1S/C18H25N3OS/c1-11(2)17-19-20-18(21(17)14-6-7-14)23-10-16(22)15-8-5-12(3)9-13(15)4/h5,8-9,11,14,16,22H,6-7,10H2,1-4H3/t16-/m1/s1. The van der Waals surface area contributed by atoms with Gasteiger partial charge in [0.15, 0.2) is 5.16 Å². The number of rotatable bonds is 6. The Bertz CT molecular complexity index is 692. The van der Waals surface area contributed by atoms with Crippen LogP contribution in [0, 0.1) is 13.8 Å². The van der Waals surface area contributed by atoms with E-state index in [0.717, 1.165) is 22.1 Å². The van der Waals surface area contributed by atoms with Crippen LogP contribution in [0.1, 0.15) is 67.3 Å². The minimum Gasteiger partial charge on any atom is -0.388 e. The second-order valence-corrected chi connectivity index (χ2v) is 7.77. The van der Waals surface area contributed by atoms with Gasteiger partial charge >= 0.3 is 0 Å². The molecular weight excluding hydrogens is 306 g/mol. The number of nitrogens with zero attached hydrogens (tertiary/aromatic N) is 3. The van der Waals surface area contributed by atoms with Crippen LogP contribution in [0.2, 0.25) is 0 Å². The normalized spacial score (nSPS) is 16.1. The van der Waals surface area contributed by atoms with Crippen LogP contribution in [0.3, 0.4) is 0 Å². The van der Waals surface area contributed by atoms with Crippen LogP contribution >= 0.6 is 11.8 Å². The molecule has 4 nitrogen and oxygen atoms in total. The van der Waals surface area contributed by atoms with Gasteiger partial charge in [-0.3, -0.25) is 0 Å². The summed E-state index contributed by atoms with van der Waals surface area (Å²) in [6.45, 7) is 8.44. The summed E-state index contributed by atoms with van der Waals surface area (Å²) in [5.74, 6) is 2.05. The van der Waals surface area contributed by atoms with Gasteiger partial charge in [0.25, 0.3) is 0 Å². The van der Waals surface area contributed by atoms with Crippen molar-refractivity contribution < 1.29 is 5.11 Å². The maximum atomic E-state index is 10.5. The monoisotopic (exact) mass is 331 g/mol. The van der Waals surface area contributed by atoms with Crippen molar-refractivity contribution in [3.63, 3.8) is 0 Å². The third-order valence-electron chi connectivity index (χ3n) is 4.27. The predicted octanol–water partition coefficient (Wildman–Crippen LogP) is 4.18. The number of aromatic nitrogens is 3. The third-order valence-corrected chi connectivity index (χ3v) is 5.29. The van der Waals surface area contributed by atoms with Gasteiger partial charge in [0, 0.05) is 17.7 Å². The fourth-order valence-corrected chi connectivity index (χ4v) is 3.87. The van der Waals surface area contributed by atoms with E-state index in [4.69, 9.17) is 0 Å². The Morgan fingerprint density at radius 3 is 2.61 bits per heavy atom. The van der Waals surface area contributed by atoms with Crippen molar-refractivity contribution in [2.24, 2.45) is 0 Å². The number of thioether (sulfide) groups is 1. The van der Waals surface area contributed by atoms with Crippen molar-refractivity contribution in [1.29, 1.82) is 0 Å². The lowest BCUT2D eigenvalue weighted by Crippen LogP contribution is -2.07. The topological polar surface area (TPSA) is 50.9 Å². The maximum Gasteiger partial charge on any atom is 0.191 e. The summed E-state index contributed by atoms with van der Waals surface area (Å²) in [6, 6.07) is 6.76. The van der Waals surface area contributed by atoms with Gasteiger partial charge in [0.05, 0.1) is 6.10 Å². The molecule has 1 aromatic heterocycles. The van der Waals surface area contributed by atoms with Gasteiger partial charge in [-0.15, -0.1) is 10.2 Å². The van der Waals surface area contributed by atoms with Crippen LogP contribution in [0.15, 0.2) is 23.4 Å². The summed E-state index contributed by atoms with van der Waals surface area (Å²) >= 11 is 1.61. The average Bonchev–Trinajstić information content (AvgIpc) is 3.24. The highest BCUT2D eigenvalue weighted by Crippen LogP contribution is 2.40. The molecule has 23 heavy (non-hydrogen) atoms. The van der Waals surface area contributed by atoms with Crippen molar-refractivity contribution in [1.82, 2.24) is 14.8 Å². The summed E-state index contributed by atoms with van der Waals surface area (Å²) in [4.78, 5) is 0. The Morgan fingerprint density at radius 1 is 1.26 bits per heavy atom. The van der Waals surface area contributed by atoms with Crippen LogP contribution in [0.25, 0.3) is 0 Å². The zero-order chi connectivity index (χ0) is 16.6. The van der Waals surface area contributed by atoms with E-state index in [1.165, 1.54) is 18.4 Å². The lowest BCUT2D eigenvalue weighted by Gasteiger charge is -2.15. The van der Waals surface area contributed by atoms with E-state index in [-0.39, 0.29) is 0 Å². The summed E-state index contributed by atoms with van der Waals surface area (Å²) in [6.07, 6.45) is 1.95. The van der Waals surface area contributed by atoms with Crippen LogP contribution in [-0.4, -0.2) is 25.6 Å². The molecular formula is C18H25N3OS. The molecule has 1 aliphatic rings. The predicted molar refractivity (Wildman–Crippen MR) is 94.0 cm³/mol. The fourth-order valence-electron chi connectivity index (χ4n) is 2.90. The van der Waals surface area contributed by atoms with Gasteiger partial charge in [-0.2, -0.15) is 0 Å². The fraction of sp³-hybridized carbons (Fsp3) is 0.556. The molecule has 5 heteroatoms. The van der Waals surface area contributed by atoms with Gasteiger partial charge in [-0.25, -0.2) is 0 Å². The molecule has 3 rings (SSSR count). The molecule has 0 radical (unpaired) electrons. The highest BCUT2D eigenvalue weighted by Gasteiger charge is 2.30. The Morgan fingerprint density at radius 2 is 2.00 bits per heavy atom. The largest absolute Gasteiger partial charge is 0.388 e. The summed E-state index contributed by atoms with van der Waals surface area (Å²) in [5.41, 5.74) is 3.37. The molecule has 1 saturated carbocycles. The number of hydrogen-bond acceptors (Lipinski definition) is 4. The van der Waals surface area contributed by atoms with E-state index >= 15 is 0 Å². The first-order valence-electron chi connectivity index (χ1n) is 8.30. The average molecular weight is 331 g/mol. The van der Waals surface area contributed by atoms with Crippen molar-refractivity contribution in [3.05, 3.63) is 40.7 Å². The smallest absolute Gasteiger partial charge is 0.191 e. The molecule has 0 bridgehead atoms. The Labute approximate surface area is 142 Å². The van der Waals surface area contributed by atoms with E-state index in [2.05, 4.69) is 54.6 Å². The number of aliphatic hydroxyl groups excluding tert-OH is 1. The van der Waals surface area contributed by atoms with Gasteiger partial charge in [0.2, 0.25) is 0 Å². The molecule has 1 fully saturated rings. The first-order chi connectivity index (χ1) is 11.0. The number of aliphatic hydroxyl groups is 1. The van der Waals surface area contributed by atoms with Gasteiger partial charge in [0.1, 0.15) is 5.82 Å². The lowest BCUT2D eigenvalue weighted by molar-refractivity contribution is 0.203. The molecule has 0 spiro atoms. The van der Waals surface area contributed by atoms with E-state index in [1.54, 1.807) is 11.8 Å². The molecule has 1 atom stereocenters. The minimum absolute atomic E-state index is 0.377. The van der Waals surface area contributed by atoms with Crippen molar-refractivity contribution in [2.45, 2.75) is 63.8 Å². The van der Waals surface area contributed by atoms with E-state index in [9.17, 15) is 5.11 Å². The van der Waals surface area contributed by atoms with E-state index in [1.807, 2.05) is 6.07 Å². The molecule has 0 saturated heterocycles. The van der Waals surface area contributed by atoms with Gasteiger partial charge in [-0.05, 0) is 37.8 Å². The number of benzene rings is 1. The SMILES string of the molecule is Cc1ccc([C@H](O)CSc2nnc(C(C)C)n2C2CC2)c(C)c1. The highest BCUT2D eigenvalue weighted by atomic mass is 32.2. The molecule has 0 aliphatic heterocycles. The van der Waals surface area contributed by atoms with Crippen LogP contribution < -0.4 is 0 Å². The van der Waals surface area contributed by atoms with Crippen molar-refractivity contribution in [3.8, 4) is 0 Å². The second-order valence-electron chi connectivity index (χ2n) is 6.78. The molecule has 0 amide bonds. The summed E-state index contributed by atoms with van der Waals surface area (Å²) in [7, 11) is 0. The van der Waals surface area contributed by atoms with Crippen LogP contribution in [-0.2, 0) is 0 Å². The number of aryl methyl sites for hydroxylation is 2. The molecule has 1 N–H and O–H groups in total. The number of hydrogen-bond donors (Lipinski definition) is 1. The first-order valence-corrected chi connectivity index (χ1v) is 9.28. The van der Waals surface area contributed by atoms with Crippen molar-refractivity contribution in [2.75, 3.05) is 5.75 Å². The quantitative estimate of drug-likeness (QED) is 0.807. The Kier molecular flexibility index (Phi) is 4.78. The molecule has 1 aliphatic carbocycles. The molecule has 124 valence electrons. The van der Waals surface area contributed by atoms with Crippen molar-refractivity contribution >= 4 is 11.8 Å². The van der Waals surface area contributed by atoms with E-state index < -0.39 is 6.10 Å².